The van der Waals surface area contributed by atoms with Gasteiger partial charge in [-0.2, -0.15) is 0 Å². The summed E-state index contributed by atoms with van der Waals surface area (Å²) in [6.07, 6.45) is 2.91. The zero-order valence-electron chi connectivity index (χ0n) is 7.36. The first-order valence-electron chi connectivity index (χ1n) is 3.76. The van der Waals surface area contributed by atoms with Crippen LogP contribution in [-0.2, 0) is 0 Å². The molecule has 1 aromatic carbocycles. The number of hydrogen-bond donors (Lipinski definition) is 0. The summed E-state index contributed by atoms with van der Waals surface area (Å²) in [4.78, 5) is 0. The van der Waals surface area contributed by atoms with Gasteiger partial charge in [0.05, 0.1) is 0 Å². The van der Waals surface area contributed by atoms with Gasteiger partial charge in [-0.1, -0.05) is 18.7 Å². The molecule has 0 N–H and O–H groups in total. The van der Waals surface area contributed by atoms with Crippen molar-refractivity contribution in [2.24, 2.45) is 0 Å². The van der Waals surface area contributed by atoms with Crippen LogP contribution < -0.4 is 0 Å². The van der Waals surface area contributed by atoms with Crippen LogP contribution in [0.15, 0.2) is 18.7 Å². The predicted octanol–water partition coefficient (Wildman–Crippen LogP) is 2.95. The molecule has 0 aliphatic carbocycles. The van der Waals surface area contributed by atoms with Crippen LogP contribution in [0.3, 0.4) is 0 Å². The second-order valence-electron chi connectivity index (χ2n) is 2.86. The van der Waals surface area contributed by atoms with Crippen molar-refractivity contribution < 1.29 is 0 Å². The first-order valence-corrected chi connectivity index (χ1v) is 3.76. The Kier molecular flexibility index (Phi) is 2.13. The Balaban J connectivity index is 3.36. The Morgan fingerprint density at radius 3 is 2.27 bits per heavy atom. The zero-order chi connectivity index (χ0) is 8.43. The fraction of sp³-hybridized carbons (Fsp3) is 0.273. The molecule has 0 heterocycles. The standard InChI is InChI=1S/C11H13/c1-5-11-7-6-8(2)9(3)10(11)4/h6-7H,1H2,2-4H3. The summed E-state index contributed by atoms with van der Waals surface area (Å²) >= 11 is 0. The predicted molar refractivity (Wildman–Crippen MR) is 48.6 cm³/mol. The van der Waals surface area contributed by atoms with Crippen LogP contribution in [-0.4, -0.2) is 0 Å². The third-order valence-electron chi connectivity index (χ3n) is 2.25. The van der Waals surface area contributed by atoms with Gasteiger partial charge in [0.15, 0.2) is 0 Å². The number of hydrogen-bond acceptors (Lipinski definition) is 0. The van der Waals surface area contributed by atoms with Gasteiger partial charge in [-0.05, 0) is 49.1 Å². The Morgan fingerprint density at radius 2 is 1.73 bits per heavy atom. The highest BCUT2D eigenvalue weighted by atomic mass is 14.0. The van der Waals surface area contributed by atoms with E-state index in [-0.39, 0.29) is 0 Å². The monoisotopic (exact) mass is 145 g/mol. The summed E-state index contributed by atoms with van der Waals surface area (Å²) in [5.41, 5.74) is 5.09. The van der Waals surface area contributed by atoms with E-state index in [1.54, 1.807) is 0 Å². The van der Waals surface area contributed by atoms with E-state index in [2.05, 4.69) is 45.6 Å². The molecule has 0 fully saturated rings. The molecule has 0 amide bonds. The quantitative estimate of drug-likeness (QED) is 0.570. The van der Waals surface area contributed by atoms with E-state index in [1.165, 1.54) is 16.7 Å². The van der Waals surface area contributed by atoms with Crippen molar-refractivity contribution in [1.82, 2.24) is 0 Å². The van der Waals surface area contributed by atoms with Gasteiger partial charge in [0, 0.05) is 0 Å². The molecule has 0 aliphatic heterocycles. The average Bonchev–Trinajstić information content (AvgIpc) is 2.01. The molecule has 0 heteroatoms. The summed E-state index contributed by atoms with van der Waals surface area (Å²) < 4.78 is 0. The van der Waals surface area contributed by atoms with Gasteiger partial charge in [0.2, 0.25) is 0 Å². The van der Waals surface area contributed by atoms with Gasteiger partial charge in [-0.3, -0.25) is 0 Å². The lowest BCUT2D eigenvalue weighted by molar-refractivity contribution is 1.24. The van der Waals surface area contributed by atoms with Crippen LogP contribution >= 0.6 is 0 Å². The second-order valence-corrected chi connectivity index (χ2v) is 2.86. The molecule has 0 aliphatic rings. The Bertz CT molecular complexity index is 282. The van der Waals surface area contributed by atoms with Crippen LogP contribution in [0, 0.1) is 26.8 Å². The highest BCUT2D eigenvalue weighted by molar-refractivity contribution is 5.41. The molecule has 1 aromatic rings. The molecule has 0 saturated carbocycles. The largest absolute Gasteiger partial charge is 0.0905 e. The van der Waals surface area contributed by atoms with Crippen molar-refractivity contribution >= 4 is 0 Å². The molecule has 0 nitrogen and oxygen atoms in total. The smallest absolute Gasteiger partial charge is 0.0152 e. The van der Waals surface area contributed by atoms with Gasteiger partial charge in [-0.15, -0.1) is 0 Å². The minimum absolute atomic E-state index is 1.12. The molecule has 0 unspecified atom stereocenters. The van der Waals surface area contributed by atoms with Crippen molar-refractivity contribution in [3.05, 3.63) is 47.0 Å². The molecular formula is C11H13. The molecule has 1 rings (SSSR count). The van der Waals surface area contributed by atoms with E-state index in [0.717, 1.165) is 5.56 Å². The number of rotatable bonds is 1. The number of benzene rings is 1. The zero-order valence-corrected chi connectivity index (χ0v) is 7.36. The van der Waals surface area contributed by atoms with E-state index in [0.29, 0.717) is 0 Å². The normalized spacial score (nSPS) is 9.73. The van der Waals surface area contributed by atoms with Gasteiger partial charge in [-0.25, -0.2) is 0 Å². The van der Waals surface area contributed by atoms with Gasteiger partial charge in [0.1, 0.15) is 0 Å². The van der Waals surface area contributed by atoms with Gasteiger partial charge >= 0.3 is 0 Å². The van der Waals surface area contributed by atoms with E-state index >= 15 is 0 Å². The topological polar surface area (TPSA) is 0 Å². The lowest BCUT2D eigenvalue weighted by Crippen LogP contribution is -1.89. The molecule has 0 atom stereocenters. The molecule has 0 aromatic heterocycles. The lowest BCUT2D eigenvalue weighted by atomic mass is 9.99. The third kappa shape index (κ3) is 1.35. The van der Waals surface area contributed by atoms with Crippen molar-refractivity contribution in [2.75, 3.05) is 0 Å². The van der Waals surface area contributed by atoms with E-state index in [1.807, 2.05) is 0 Å². The summed E-state index contributed by atoms with van der Waals surface area (Å²) in [6.45, 7) is 10.00. The molecule has 57 valence electrons. The molecule has 0 saturated heterocycles. The number of aryl methyl sites for hydroxylation is 1. The Morgan fingerprint density at radius 1 is 1.09 bits per heavy atom. The van der Waals surface area contributed by atoms with Gasteiger partial charge < -0.3 is 0 Å². The maximum absolute atomic E-state index is 3.64. The van der Waals surface area contributed by atoms with E-state index in [9.17, 15) is 0 Å². The van der Waals surface area contributed by atoms with Crippen molar-refractivity contribution in [3.8, 4) is 0 Å². The molecule has 1 radical (unpaired) electrons. The Labute approximate surface area is 68.6 Å². The van der Waals surface area contributed by atoms with Crippen molar-refractivity contribution in [3.63, 3.8) is 0 Å². The fourth-order valence-electron chi connectivity index (χ4n) is 1.15. The highest BCUT2D eigenvalue weighted by Crippen LogP contribution is 2.16. The van der Waals surface area contributed by atoms with Gasteiger partial charge in [0.25, 0.3) is 0 Å². The minimum Gasteiger partial charge on any atom is -0.0905 e. The molecule has 0 spiro atoms. The summed E-state index contributed by atoms with van der Waals surface area (Å²) in [7, 11) is 0. The maximum atomic E-state index is 3.64. The van der Waals surface area contributed by atoms with Crippen LogP contribution in [0.1, 0.15) is 22.3 Å². The SMILES string of the molecule is C=[C]c1ccc(C)c(C)c1C. The highest BCUT2D eigenvalue weighted by Gasteiger charge is 1.99. The first kappa shape index (κ1) is 8.06. The average molecular weight is 145 g/mol. The van der Waals surface area contributed by atoms with E-state index in [4.69, 9.17) is 0 Å². The maximum Gasteiger partial charge on any atom is -0.0152 e. The lowest BCUT2D eigenvalue weighted by Gasteiger charge is -2.06. The summed E-state index contributed by atoms with van der Waals surface area (Å²) in [5.74, 6) is 0. The third-order valence-corrected chi connectivity index (χ3v) is 2.25. The minimum atomic E-state index is 1.12. The van der Waals surface area contributed by atoms with Crippen molar-refractivity contribution in [1.29, 1.82) is 0 Å². The van der Waals surface area contributed by atoms with E-state index < -0.39 is 0 Å². The Hall–Kier alpha value is -1.04. The molecular weight excluding hydrogens is 132 g/mol. The summed E-state index contributed by atoms with van der Waals surface area (Å²) in [5, 5.41) is 0. The van der Waals surface area contributed by atoms with Crippen LogP contribution in [0.4, 0.5) is 0 Å². The second kappa shape index (κ2) is 2.91. The van der Waals surface area contributed by atoms with Crippen LogP contribution in [0.2, 0.25) is 0 Å². The van der Waals surface area contributed by atoms with Crippen LogP contribution in [0.5, 0.6) is 0 Å². The molecule has 0 bridgehead atoms. The van der Waals surface area contributed by atoms with Crippen molar-refractivity contribution in [2.45, 2.75) is 20.8 Å². The first-order chi connectivity index (χ1) is 5.16. The fourth-order valence-corrected chi connectivity index (χ4v) is 1.15. The van der Waals surface area contributed by atoms with Crippen LogP contribution in [0.25, 0.3) is 0 Å². The summed E-state index contributed by atoms with van der Waals surface area (Å²) in [6, 6.07) is 4.17. The molecule has 11 heavy (non-hydrogen) atoms.